The molecule has 1 aromatic heterocycles. The summed E-state index contributed by atoms with van der Waals surface area (Å²) >= 11 is 6.90. The Bertz CT molecular complexity index is 716. The molecule has 1 amide bonds. The smallest absolute Gasteiger partial charge is 0.329 e. The number of esters is 1. The molecule has 2 rings (SSSR count). The predicted octanol–water partition coefficient (Wildman–Crippen LogP) is 3.00. The van der Waals surface area contributed by atoms with Crippen LogP contribution < -0.4 is 5.32 Å². The summed E-state index contributed by atoms with van der Waals surface area (Å²) in [7, 11) is 0. The zero-order valence-electron chi connectivity index (χ0n) is 13.6. The number of halogens is 1. The van der Waals surface area contributed by atoms with Gasteiger partial charge >= 0.3 is 5.97 Å². The van der Waals surface area contributed by atoms with Gasteiger partial charge in [-0.05, 0) is 25.0 Å². The molecule has 1 atom stereocenters. The van der Waals surface area contributed by atoms with Gasteiger partial charge in [0.2, 0.25) is 0 Å². The van der Waals surface area contributed by atoms with Crippen LogP contribution in [0.2, 0.25) is 4.34 Å². The van der Waals surface area contributed by atoms with Crippen molar-refractivity contribution in [1.29, 1.82) is 0 Å². The molecule has 1 aromatic carbocycles. The Morgan fingerprint density at radius 3 is 2.50 bits per heavy atom. The highest BCUT2D eigenvalue weighted by atomic mass is 35.5. The zero-order valence-corrected chi connectivity index (χ0v) is 15.1. The summed E-state index contributed by atoms with van der Waals surface area (Å²) in [4.78, 5) is 24.6. The fraction of sp³-hybridized carbons (Fsp3) is 0.375. The molecule has 0 fully saturated rings. The van der Waals surface area contributed by atoms with E-state index in [1.807, 2.05) is 32.9 Å². The Morgan fingerprint density at radius 1 is 1.29 bits per heavy atom. The van der Waals surface area contributed by atoms with Crippen LogP contribution in [0, 0.1) is 12.8 Å². The maximum atomic E-state index is 12.3. The first-order valence-corrected chi connectivity index (χ1v) is 8.54. The van der Waals surface area contributed by atoms with E-state index in [0.29, 0.717) is 15.6 Å². The normalized spacial score (nSPS) is 12.0. The molecule has 6 nitrogen and oxygen atoms in total. The van der Waals surface area contributed by atoms with Crippen LogP contribution in [-0.4, -0.2) is 27.5 Å². The summed E-state index contributed by atoms with van der Waals surface area (Å²) in [6, 6.07) is 6.36. The molecule has 0 aliphatic rings. The molecule has 0 bridgehead atoms. The Hall–Kier alpha value is -1.99. The lowest BCUT2D eigenvalue weighted by Crippen LogP contribution is -2.45. The first-order valence-electron chi connectivity index (χ1n) is 7.39. The number of nitrogens with zero attached hydrogens (tertiary/aromatic N) is 2. The van der Waals surface area contributed by atoms with Gasteiger partial charge < -0.3 is 10.1 Å². The van der Waals surface area contributed by atoms with E-state index in [0.717, 1.165) is 17.1 Å². The molecule has 2 aromatic rings. The number of rotatable bonds is 6. The Kier molecular flexibility index (Phi) is 6.28. The molecule has 0 aliphatic carbocycles. The molecule has 0 saturated carbocycles. The van der Waals surface area contributed by atoms with Crippen LogP contribution in [0.3, 0.4) is 0 Å². The van der Waals surface area contributed by atoms with Crippen molar-refractivity contribution in [3.05, 3.63) is 45.4 Å². The summed E-state index contributed by atoms with van der Waals surface area (Å²) in [5.41, 5.74) is 1.95. The number of ether oxygens (including phenoxy) is 1. The van der Waals surface area contributed by atoms with E-state index in [1.165, 1.54) is 0 Å². The van der Waals surface area contributed by atoms with E-state index in [2.05, 4.69) is 14.9 Å². The quantitative estimate of drug-likeness (QED) is 0.794. The molecule has 0 spiro atoms. The topological polar surface area (TPSA) is 81.2 Å². The Morgan fingerprint density at radius 2 is 1.96 bits per heavy atom. The van der Waals surface area contributed by atoms with Crippen LogP contribution in [0.1, 0.15) is 35.5 Å². The number of benzene rings is 1. The van der Waals surface area contributed by atoms with Gasteiger partial charge in [0, 0.05) is 17.1 Å². The van der Waals surface area contributed by atoms with E-state index in [1.54, 1.807) is 12.1 Å². The van der Waals surface area contributed by atoms with Crippen molar-refractivity contribution in [2.24, 2.45) is 5.92 Å². The number of hydrogen-bond acceptors (Lipinski definition) is 6. The second-order valence-corrected chi connectivity index (χ2v) is 7.02. The predicted molar refractivity (Wildman–Crippen MR) is 92.0 cm³/mol. The third-order valence-electron chi connectivity index (χ3n) is 3.38. The van der Waals surface area contributed by atoms with Crippen molar-refractivity contribution in [2.45, 2.75) is 33.4 Å². The third kappa shape index (κ3) is 4.75. The molecule has 8 heteroatoms. The van der Waals surface area contributed by atoms with Crippen molar-refractivity contribution in [3.8, 4) is 0 Å². The minimum Gasteiger partial charge on any atom is -0.457 e. The molecule has 0 aliphatic heterocycles. The third-order valence-corrected chi connectivity index (χ3v) is 4.37. The molecular formula is C16H18ClN3O3S. The first kappa shape index (κ1) is 18.4. The SMILES string of the molecule is Cc1ccc(C(=O)N[C@H](C(=O)OCc2nnsc2Cl)C(C)C)cc1. The van der Waals surface area contributed by atoms with E-state index in [-0.39, 0.29) is 18.4 Å². The van der Waals surface area contributed by atoms with Gasteiger partial charge in [-0.1, -0.05) is 47.6 Å². The lowest BCUT2D eigenvalue weighted by atomic mass is 10.0. The number of carbonyl (C=O) groups is 2. The summed E-state index contributed by atoms with van der Waals surface area (Å²) < 4.78 is 9.27. The zero-order chi connectivity index (χ0) is 17.7. The monoisotopic (exact) mass is 367 g/mol. The van der Waals surface area contributed by atoms with Crippen LogP contribution in [0.5, 0.6) is 0 Å². The lowest BCUT2D eigenvalue weighted by Gasteiger charge is -2.20. The Labute approximate surface area is 149 Å². The van der Waals surface area contributed by atoms with E-state index in [9.17, 15) is 9.59 Å². The standard InChI is InChI=1S/C16H18ClN3O3S/c1-9(2)13(16(22)23-8-12-14(17)24-20-19-12)18-15(21)11-6-4-10(3)5-7-11/h4-7,9,13H,8H2,1-3H3,(H,18,21)/t13-/m0/s1. The van der Waals surface area contributed by atoms with Crippen LogP contribution in [0.15, 0.2) is 24.3 Å². The molecule has 128 valence electrons. The second-order valence-electron chi connectivity index (χ2n) is 5.66. The van der Waals surface area contributed by atoms with Gasteiger partial charge in [-0.25, -0.2) is 4.79 Å². The van der Waals surface area contributed by atoms with Gasteiger partial charge in [0.1, 0.15) is 22.7 Å². The van der Waals surface area contributed by atoms with E-state index >= 15 is 0 Å². The molecule has 1 heterocycles. The fourth-order valence-electron chi connectivity index (χ4n) is 1.94. The number of aromatic nitrogens is 2. The van der Waals surface area contributed by atoms with Crippen molar-refractivity contribution >= 4 is 35.0 Å². The van der Waals surface area contributed by atoms with Crippen molar-refractivity contribution in [3.63, 3.8) is 0 Å². The maximum Gasteiger partial charge on any atom is 0.329 e. The molecule has 24 heavy (non-hydrogen) atoms. The summed E-state index contributed by atoms with van der Waals surface area (Å²) in [5, 5.41) is 6.50. The molecular weight excluding hydrogens is 350 g/mol. The van der Waals surface area contributed by atoms with Gasteiger partial charge in [-0.3, -0.25) is 4.79 Å². The number of nitrogens with one attached hydrogen (secondary N) is 1. The number of hydrogen-bond donors (Lipinski definition) is 1. The second kappa shape index (κ2) is 8.21. The van der Waals surface area contributed by atoms with Crippen LogP contribution >= 0.6 is 23.1 Å². The van der Waals surface area contributed by atoms with E-state index < -0.39 is 12.0 Å². The molecule has 1 N–H and O–H groups in total. The summed E-state index contributed by atoms with van der Waals surface area (Å²) in [5.74, 6) is -0.982. The number of carbonyl (C=O) groups excluding carboxylic acids is 2. The average molecular weight is 368 g/mol. The number of aryl methyl sites for hydroxylation is 1. The summed E-state index contributed by atoms with van der Waals surface area (Å²) in [6.45, 7) is 5.53. The highest BCUT2D eigenvalue weighted by molar-refractivity contribution is 7.10. The van der Waals surface area contributed by atoms with Gasteiger partial charge in [0.05, 0.1) is 0 Å². The van der Waals surface area contributed by atoms with Crippen molar-refractivity contribution < 1.29 is 14.3 Å². The van der Waals surface area contributed by atoms with Crippen LogP contribution in [0.4, 0.5) is 0 Å². The largest absolute Gasteiger partial charge is 0.457 e. The van der Waals surface area contributed by atoms with Gasteiger partial charge in [0.25, 0.3) is 5.91 Å². The van der Waals surface area contributed by atoms with Crippen molar-refractivity contribution in [2.75, 3.05) is 0 Å². The minimum absolute atomic E-state index is 0.0716. The van der Waals surface area contributed by atoms with Gasteiger partial charge in [0.15, 0.2) is 0 Å². The Balaban J connectivity index is 2.00. The molecule has 0 unspecified atom stereocenters. The van der Waals surface area contributed by atoms with Crippen LogP contribution in [0.25, 0.3) is 0 Å². The minimum atomic E-state index is -0.760. The molecule has 0 radical (unpaired) electrons. The lowest BCUT2D eigenvalue weighted by molar-refractivity contribution is -0.148. The van der Waals surface area contributed by atoms with Gasteiger partial charge in [-0.15, -0.1) is 5.10 Å². The maximum absolute atomic E-state index is 12.3. The first-order chi connectivity index (χ1) is 11.4. The highest BCUT2D eigenvalue weighted by Gasteiger charge is 2.26. The average Bonchev–Trinajstić information content (AvgIpc) is 2.95. The van der Waals surface area contributed by atoms with Gasteiger partial charge in [-0.2, -0.15) is 0 Å². The van der Waals surface area contributed by atoms with Crippen molar-refractivity contribution in [1.82, 2.24) is 14.9 Å². The molecule has 0 saturated heterocycles. The fourth-order valence-corrected chi connectivity index (χ4v) is 2.54. The van der Waals surface area contributed by atoms with Crippen LogP contribution in [-0.2, 0) is 16.1 Å². The number of amides is 1. The summed E-state index contributed by atoms with van der Waals surface area (Å²) in [6.07, 6.45) is 0. The highest BCUT2D eigenvalue weighted by Crippen LogP contribution is 2.18. The van der Waals surface area contributed by atoms with E-state index in [4.69, 9.17) is 16.3 Å².